The third-order valence-corrected chi connectivity index (χ3v) is 2.22. The molecule has 3 N–H and O–H groups in total. The molecule has 0 bridgehead atoms. The van der Waals surface area contributed by atoms with Gasteiger partial charge in [-0.1, -0.05) is 13.0 Å². The van der Waals surface area contributed by atoms with Crippen molar-refractivity contribution in [1.82, 2.24) is 15.6 Å². The predicted molar refractivity (Wildman–Crippen MR) is 69.4 cm³/mol. The van der Waals surface area contributed by atoms with Gasteiger partial charge in [0.25, 0.3) is 5.91 Å². The highest BCUT2D eigenvalue weighted by molar-refractivity contribution is 5.95. The van der Waals surface area contributed by atoms with E-state index in [2.05, 4.69) is 20.9 Å². The molecule has 18 heavy (non-hydrogen) atoms. The van der Waals surface area contributed by atoms with Gasteiger partial charge in [-0.05, 0) is 18.6 Å². The van der Waals surface area contributed by atoms with E-state index >= 15 is 0 Å². The molecular weight excluding hydrogens is 232 g/mol. The smallest absolute Gasteiger partial charge is 0.270 e. The van der Waals surface area contributed by atoms with E-state index in [0.717, 1.165) is 6.42 Å². The van der Waals surface area contributed by atoms with Gasteiger partial charge in [-0.25, -0.2) is 4.98 Å². The van der Waals surface area contributed by atoms with Crippen LogP contribution in [0.25, 0.3) is 0 Å². The molecule has 1 aromatic rings. The van der Waals surface area contributed by atoms with Gasteiger partial charge in [-0.3, -0.25) is 9.59 Å². The molecule has 0 aromatic carbocycles. The van der Waals surface area contributed by atoms with Gasteiger partial charge in [0, 0.05) is 13.6 Å². The van der Waals surface area contributed by atoms with Crippen LogP contribution in [-0.4, -0.2) is 36.9 Å². The molecule has 0 fully saturated rings. The van der Waals surface area contributed by atoms with Crippen molar-refractivity contribution >= 4 is 17.6 Å². The van der Waals surface area contributed by atoms with E-state index in [1.54, 1.807) is 25.2 Å². The Morgan fingerprint density at radius 1 is 1.28 bits per heavy atom. The fourth-order valence-corrected chi connectivity index (χ4v) is 1.28. The lowest BCUT2D eigenvalue weighted by Gasteiger charge is -2.06. The summed E-state index contributed by atoms with van der Waals surface area (Å²) in [7, 11) is 1.72. The zero-order valence-electron chi connectivity index (χ0n) is 10.6. The lowest BCUT2D eigenvalue weighted by atomic mass is 10.3. The molecule has 1 heterocycles. The first-order valence-corrected chi connectivity index (χ1v) is 5.87. The minimum absolute atomic E-state index is 0.0374. The average Bonchev–Trinajstić information content (AvgIpc) is 2.42. The van der Waals surface area contributed by atoms with E-state index in [0.29, 0.717) is 12.4 Å². The molecule has 0 saturated carbocycles. The molecule has 0 aliphatic carbocycles. The Balaban J connectivity index is 2.47. The molecule has 0 aliphatic heterocycles. The van der Waals surface area contributed by atoms with Crippen molar-refractivity contribution in [3.8, 4) is 0 Å². The van der Waals surface area contributed by atoms with Crippen LogP contribution in [0.5, 0.6) is 0 Å². The highest BCUT2D eigenvalue weighted by atomic mass is 16.2. The third-order valence-electron chi connectivity index (χ3n) is 2.22. The maximum Gasteiger partial charge on any atom is 0.270 e. The van der Waals surface area contributed by atoms with Crippen molar-refractivity contribution in [2.24, 2.45) is 0 Å². The van der Waals surface area contributed by atoms with Crippen LogP contribution in [0, 0.1) is 0 Å². The Morgan fingerprint density at radius 2 is 2.06 bits per heavy atom. The summed E-state index contributed by atoms with van der Waals surface area (Å²) in [6.07, 6.45) is 0.867. The van der Waals surface area contributed by atoms with Crippen molar-refractivity contribution in [2.45, 2.75) is 13.3 Å². The third kappa shape index (κ3) is 4.40. The normalized spacial score (nSPS) is 9.67. The van der Waals surface area contributed by atoms with E-state index in [1.807, 2.05) is 6.92 Å². The van der Waals surface area contributed by atoms with E-state index in [9.17, 15) is 9.59 Å². The fourth-order valence-electron chi connectivity index (χ4n) is 1.28. The van der Waals surface area contributed by atoms with E-state index in [-0.39, 0.29) is 24.1 Å². The van der Waals surface area contributed by atoms with Gasteiger partial charge in [-0.2, -0.15) is 0 Å². The number of nitrogens with zero attached hydrogens (tertiary/aromatic N) is 1. The molecule has 1 aromatic heterocycles. The molecule has 0 saturated heterocycles. The molecule has 98 valence electrons. The predicted octanol–water partition coefficient (Wildman–Crippen LogP) is 0.379. The van der Waals surface area contributed by atoms with Crippen molar-refractivity contribution in [2.75, 3.05) is 25.5 Å². The average molecular weight is 250 g/mol. The van der Waals surface area contributed by atoms with Gasteiger partial charge in [0.15, 0.2) is 0 Å². The quantitative estimate of drug-likeness (QED) is 0.681. The maximum absolute atomic E-state index is 11.7. The van der Waals surface area contributed by atoms with Crippen LogP contribution in [0.2, 0.25) is 0 Å². The van der Waals surface area contributed by atoms with Gasteiger partial charge >= 0.3 is 0 Å². The molecule has 0 atom stereocenters. The first-order valence-electron chi connectivity index (χ1n) is 5.87. The number of carbonyl (C=O) groups excluding carboxylic acids is 2. The Bertz CT molecular complexity index is 420. The summed E-state index contributed by atoms with van der Waals surface area (Å²) in [4.78, 5) is 27.1. The number of aromatic nitrogens is 1. The first-order chi connectivity index (χ1) is 8.67. The Morgan fingerprint density at radius 3 is 2.72 bits per heavy atom. The minimum Gasteiger partial charge on any atom is -0.373 e. The standard InChI is InChI=1S/C12H18N4O2/c1-3-7-14-11(17)8-15-12(18)9-5-4-6-10(13-2)16-9/h4-6H,3,7-8H2,1-2H3,(H,13,16)(H,14,17)(H,15,18). The second-order valence-corrected chi connectivity index (χ2v) is 3.69. The first kappa shape index (κ1) is 14.0. The Labute approximate surface area is 106 Å². The van der Waals surface area contributed by atoms with Crippen LogP contribution in [0.1, 0.15) is 23.8 Å². The number of nitrogens with one attached hydrogen (secondary N) is 3. The van der Waals surface area contributed by atoms with Gasteiger partial charge in [-0.15, -0.1) is 0 Å². The SMILES string of the molecule is CCCNC(=O)CNC(=O)c1cccc(NC)n1. The summed E-state index contributed by atoms with van der Waals surface area (Å²) in [5.41, 5.74) is 0.283. The lowest BCUT2D eigenvalue weighted by Crippen LogP contribution is -2.37. The molecule has 6 nitrogen and oxygen atoms in total. The summed E-state index contributed by atoms with van der Waals surface area (Å²) in [5.74, 6) is 0.0480. The van der Waals surface area contributed by atoms with Crippen LogP contribution < -0.4 is 16.0 Å². The second kappa shape index (κ2) is 7.26. The number of carbonyl (C=O) groups is 2. The van der Waals surface area contributed by atoms with E-state index in [4.69, 9.17) is 0 Å². The van der Waals surface area contributed by atoms with Gasteiger partial charge < -0.3 is 16.0 Å². The highest BCUT2D eigenvalue weighted by Crippen LogP contribution is 2.03. The number of rotatable bonds is 6. The highest BCUT2D eigenvalue weighted by Gasteiger charge is 2.09. The summed E-state index contributed by atoms with van der Waals surface area (Å²) in [6, 6.07) is 5.08. The number of hydrogen-bond acceptors (Lipinski definition) is 4. The van der Waals surface area contributed by atoms with Crippen molar-refractivity contribution in [3.05, 3.63) is 23.9 Å². The molecular formula is C12H18N4O2. The minimum atomic E-state index is -0.362. The molecule has 0 radical (unpaired) electrons. The summed E-state index contributed by atoms with van der Waals surface area (Å²) >= 11 is 0. The van der Waals surface area contributed by atoms with Crippen LogP contribution in [0.15, 0.2) is 18.2 Å². The summed E-state index contributed by atoms with van der Waals surface area (Å²) in [5, 5.41) is 8.04. The number of pyridine rings is 1. The maximum atomic E-state index is 11.7. The second-order valence-electron chi connectivity index (χ2n) is 3.69. The van der Waals surface area contributed by atoms with Crippen molar-refractivity contribution in [1.29, 1.82) is 0 Å². The fraction of sp³-hybridized carbons (Fsp3) is 0.417. The van der Waals surface area contributed by atoms with Crippen molar-refractivity contribution < 1.29 is 9.59 Å². The zero-order valence-corrected chi connectivity index (χ0v) is 10.6. The van der Waals surface area contributed by atoms with Crippen LogP contribution >= 0.6 is 0 Å². The van der Waals surface area contributed by atoms with E-state index < -0.39 is 0 Å². The lowest BCUT2D eigenvalue weighted by molar-refractivity contribution is -0.120. The van der Waals surface area contributed by atoms with Gasteiger partial charge in [0.05, 0.1) is 6.54 Å². The van der Waals surface area contributed by atoms with Crippen LogP contribution in [-0.2, 0) is 4.79 Å². The molecule has 0 aliphatic rings. The number of anilines is 1. The molecule has 1 rings (SSSR count). The van der Waals surface area contributed by atoms with E-state index in [1.165, 1.54) is 0 Å². The van der Waals surface area contributed by atoms with Gasteiger partial charge in [0.1, 0.15) is 11.5 Å². The number of amides is 2. The monoisotopic (exact) mass is 250 g/mol. The summed E-state index contributed by atoms with van der Waals surface area (Å²) < 4.78 is 0. The topological polar surface area (TPSA) is 83.1 Å². The van der Waals surface area contributed by atoms with Crippen molar-refractivity contribution in [3.63, 3.8) is 0 Å². The Kier molecular flexibility index (Phi) is 5.63. The Hall–Kier alpha value is -2.11. The molecule has 0 spiro atoms. The molecule has 0 unspecified atom stereocenters. The molecule has 2 amide bonds. The van der Waals surface area contributed by atoms with Gasteiger partial charge in [0.2, 0.25) is 5.91 Å². The largest absolute Gasteiger partial charge is 0.373 e. The zero-order chi connectivity index (χ0) is 13.4. The molecule has 6 heteroatoms. The van der Waals surface area contributed by atoms with Crippen LogP contribution in [0.3, 0.4) is 0 Å². The number of hydrogen-bond donors (Lipinski definition) is 3. The summed E-state index contributed by atoms with van der Waals surface area (Å²) in [6.45, 7) is 2.54. The van der Waals surface area contributed by atoms with Crippen LogP contribution in [0.4, 0.5) is 5.82 Å².